The summed E-state index contributed by atoms with van der Waals surface area (Å²) in [5.41, 5.74) is 7.21. The molecule has 0 bridgehead atoms. The standard InChI is InChI=1S/C10H15NO2/c1-7-3-4-10(13-2)8(5-7)9(12)6-11/h3-5,9,12H,6,11H2,1-2H3/t9-/m0/s1. The summed E-state index contributed by atoms with van der Waals surface area (Å²) < 4.78 is 5.11. The molecule has 0 aromatic heterocycles. The fourth-order valence-electron chi connectivity index (χ4n) is 1.24. The first kappa shape index (κ1) is 10.0. The lowest BCUT2D eigenvalue weighted by Gasteiger charge is -2.13. The third-order valence-electron chi connectivity index (χ3n) is 1.97. The van der Waals surface area contributed by atoms with Crippen LogP contribution in [-0.4, -0.2) is 18.8 Å². The topological polar surface area (TPSA) is 55.5 Å². The monoisotopic (exact) mass is 181 g/mol. The molecule has 0 spiro atoms. The minimum atomic E-state index is -0.644. The Balaban J connectivity index is 3.07. The third-order valence-corrected chi connectivity index (χ3v) is 1.97. The lowest BCUT2D eigenvalue weighted by molar-refractivity contribution is 0.182. The number of ether oxygens (including phenoxy) is 1. The lowest BCUT2D eigenvalue weighted by atomic mass is 10.1. The molecule has 1 aromatic rings. The molecule has 72 valence electrons. The first-order valence-electron chi connectivity index (χ1n) is 4.21. The number of aliphatic hydroxyl groups is 1. The van der Waals surface area contributed by atoms with E-state index in [4.69, 9.17) is 10.5 Å². The molecule has 1 rings (SSSR count). The van der Waals surface area contributed by atoms with E-state index < -0.39 is 6.10 Å². The van der Waals surface area contributed by atoms with Crippen molar-refractivity contribution < 1.29 is 9.84 Å². The van der Waals surface area contributed by atoms with Crippen molar-refractivity contribution in [1.29, 1.82) is 0 Å². The van der Waals surface area contributed by atoms with Gasteiger partial charge in [0.25, 0.3) is 0 Å². The van der Waals surface area contributed by atoms with Gasteiger partial charge in [0.1, 0.15) is 5.75 Å². The molecule has 0 aliphatic rings. The normalized spacial score (nSPS) is 12.6. The lowest BCUT2D eigenvalue weighted by Crippen LogP contribution is -2.12. The molecule has 1 atom stereocenters. The zero-order chi connectivity index (χ0) is 9.84. The van der Waals surface area contributed by atoms with Crippen molar-refractivity contribution in [3.05, 3.63) is 29.3 Å². The second-order valence-electron chi connectivity index (χ2n) is 3.00. The predicted molar refractivity (Wildman–Crippen MR) is 51.7 cm³/mol. The summed E-state index contributed by atoms with van der Waals surface area (Å²) in [6.45, 7) is 2.17. The summed E-state index contributed by atoms with van der Waals surface area (Å²) in [7, 11) is 1.58. The number of benzene rings is 1. The SMILES string of the molecule is COc1ccc(C)cc1[C@@H](O)CN. The number of hydrogen-bond donors (Lipinski definition) is 2. The Hall–Kier alpha value is -1.06. The van der Waals surface area contributed by atoms with Gasteiger partial charge in [-0.25, -0.2) is 0 Å². The highest BCUT2D eigenvalue weighted by atomic mass is 16.5. The predicted octanol–water partition coefficient (Wildman–Crippen LogP) is 0.996. The van der Waals surface area contributed by atoms with E-state index in [9.17, 15) is 5.11 Å². The quantitative estimate of drug-likeness (QED) is 0.731. The minimum absolute atomic E-state index is 0.208. The van der Waals surface area contributed by atoms with Gasteiger partial charge in [0, 0.05) is 12.1 Å². The van der Waals surface area contributed by atoms with Crippen LogP contribution in [0.15, 0.2) is 18.2 Å². The van der Waals surface area contributed by atoms with Crippen LogP contribution >= 0.6 is 0 Å². The van der Waals surface area contributed by atoms with Crippen LogP contribution < -0.4 is 10.5 Å². The van der Waals surface area contributed by atoms with Crippen molar-refractivity contribution in [2.24, 2.45) is 5.73 Å². The van der Waals surface area contributed by atoms with E-state index in [0.717, 1.165) is 11.1 Å². The van der Waals surface area contributed by atoms with Crippen LogP contribution in [0.5, 0.6) is 5.75 Å². The summed E-state index contributed by atoms with van der Waals surface area (Å²) in [6, 6.07) is 5.66. The van der Waals surface area contributed by atoms with Crippen LogP contribution in [0.4, 0.5) is 0 Å². The van der Waals surface area contributed by atoms with Gasteiger partial charge in [-0.1, -0.05) is 11.6 Å². The summed E-state index contributed by atoms with van der Waals surface area (Å²) >= 11 is 0. The van der Waals surface area contributed by atoms with Crippen LogP contribution in [0.3, 0.4) is 0 Å². The number of aryl methyl sites for hydroxylation is 1. The van der Waals surface area contributed by atoms with Gasteiger partial charge in [0.15, 0.2) is 0 Å². The van der Waals surface area contributed by atoms with Gasteiger partial charge in [0.05, 0.1) is 13.2 Å². The largest absolute Gasteiger partial charge is 0.496 e. The smallest absolute Gasteiger partial charge is 0.124 e. The average molecular weight is 181 g/mol. The first-order chi connectivity index (χ1) is 6.19. The molecule has 1 aromatic carbocycles. The van der Waals surface area contributed by atoms with Gasteiger partial charge in [-0.05, 0) is 19.1 Å². The van der Waals surface area contributed by atoms with Gasteiger partial charge in [0.2, 0.25) is 0 Å². The second-order valence-corrected chi connectivity index (χ2v) is 3.00. The molecule has 0 aliphatic carbocycles. The number of aliphatic hydroxyl groups excluding tert-OH is 1. The fraction of sp³-hybridized carbons (Fsp3) is 0.400. The van der Waals surface area contributed by atoms with Crippen LogP contribution in [-0.2, 0) is 0 Å². The zero-order valence-corrected chi connectivity index (χ0v) is 7.95. The summed E-state index contributed by atoms with van der Waals surface area (Å²) in [5, 5.41) is 9.56. The Labute approximate surface area is 78.1 Å². The highest BCUT2D eigenvalue weighted by molar-refractivity contribution is 5.38. The molecular weight excluding hydrogens is 166 g/mol. The fourth-order valence-corrected chi connectivity index (χ4v) is 1.24. The number of hydrogen-bond acceptors (Lipinski definition) is 3. The van der Waals surface area contributed by atoms with Gasteiger partial charge in [-0.2, -0.15) is 0 Å². The summed E-state index contributed by atoms with van der Waals surface area (Å²) in [6.07, 6.45) is -0.644. The molecule has 3 heteroatoms. The Morgan fingerprint density at radius 2 is 2.23 bits per heavy atom. The van der Waals surface area contributed by atoms with E-state index in [0.29, 0.717) is 5.75 Å². The van der Waals surface area contributed by atoms with Gasteiger partial charge < -0.3 is 15.6 Å². The maximum absolute atomic E-state index is 9.56. The maximum atomic E-state index is 9.56. The molecule has 0 aliphatic heterocycles. The molecule has 0 saturated carbocycles. The van der Waals surface area contributed by atoms with E-state index in [1.807, 2.05) is 25.1 Å². The Morgan fingerprint density at radius 1 is 1.54 bits per heavy atom. The Kier molecular flexibility index (Phi) is 3.28. The van der Waals surface area contributed by atoms with Crippen LogP contribution in [0.2, 0.25) is 0 Å². The Morgan fingerprint density at radius 3 is 2.77 bits per heavy atom. The van der Waals surface area contributed by atoms with Crippen LogP contribution in [0, 0.1) is 6.92 Å². The molecule has 0 unspecified atom stereocenters. The summed E-state index contributed by atoms with van der Waals surface area (Å²) in [4.78, 5) is 0. The van der Waals surface area contributed by atoms with E-state index in [2.05, 4.69) is 0 Å². The van der Waals surface area contributed by atoms with E-state index in [1.165, 1.54) is 0 Å². The highest BCUT2D eigenvalue weighted by Crippen LogP contribution is 2.25. The van der Waals surface area contributed by atoms with Gasteiger partial charge in [-0.15, -0.1) is 0 Å². The van der Waals surface area contributed by atoms with Crippen LogP contribution in [0.1, 0.15) is 17.2 Å². The van der Waals surface area contributed by atoms with Gasteiger partial charge >= 0.3 is 0 Å². The molecule has 0 heterocycles. The molecular formula is C10H15NO2. The molecule has 13 heavy (non-hydrogen) atoms. The third kappa shape index (κ3) is 2.20. The Bertz CT molecular complexity index is 286. The van der Waals surface area contributed by atoms with Crippen molar-refractivity contribution in [2.75, 3.05) is 13.7 Å². The van der Waals surface area contributed by atoms with E-state index in [-0.39, 0.29) is 6.54 Å². The van der Waals surface area contributed by atoms with Crippen molar-refractivity contribution >= 4 is 0 Å². The molecule has 0 fully saturated rings. The number of rotatable bonds is 3. The van der Waals surface area contributed by atoms with Crippen molar-refractivity contribution in [3.63, 3.8) is 0 Å². The molecule has 0 amide bonds. The molecule has 0 saturated heterocycles. The van der Waals surface area contributed by atoms with Crippen molar-refractivity contribution in [3.8, 4) is 5.75 Å². The second kappa shape index (κ2) is 4.25. The van der Waals surface area contributed by atoms with E-state index >= 15 is 0 Å². The molecule has 3 N–H and O–H groups in total. The van der Waals surface area contributed by atoms with Crippen molar-refractivity contribution in [1.82, 2.24) is 0 Å². The number of nitrogens with two attached hydrogens (primary N) is 1. The number of methoxy groups -OCH3 is 1. The summed E-state index contributed by atoms with van der Waals surface area (Å²) in [5.74, 6) is 0.684. The average Bonchev–Trinajstić information content (AvgIpc) is 2.16. The minimum Gasteiger partial charge on any atom is -0.496 e. The van der Waals surface area contributed by atoms with Crippen LogP contribution in [0.25, 0.3) is 0 Å². The molecule has 3 nitrogen and oxygen atoms in total. The maximum Gasteiger partial charge on any atom is 0.124 e. The highest BCUT2D eigenvalue weighted by Gasteiger charge is 2.10. The zero-order valence-electron chi connectivity index (χ0n) is 7.95. The van der Waals surface area contributed by atoms with Gasteiger partial charge in [-0.3, -0.25) is 0 Å². The first-order valence-corrected chi connectivity index (χ1v) is 4.21. The van der Waals surface area contributed by atoms with E-state index in [1.54, 1.807) is 7.11 Å². The van der Waals surface area contributed by atoms with Crippen molar-refractivity contribution in [2.45, 2.75) is 13.0 Å². The molecule has 0 radical (unpaired) electrons.